The van der Waals surface area contributed by atoms with E-state index < -0.39 is 5.82 Å². The molecule has 0 atom stereocenters. The number of ether oxygens (including phenoxy) is 3. The van der Waals surface area contributed by atoms with Crippen LogP contribution in [0.1, 0.15) is 22.3 Å². The minimum absolute atomic E-state index is 0.195. The topological polar surface area (TPSA) is 73.9 Å². The molecule has 7 heteroatoms. The first kappa shape index (κ1) is 20.4. The molecule has 1 amide bonds. The second-order valence-corrected chi connectivity index (χ2v) is 6.91. The molecule has 31 heavy (non-hydrogen) atoms. The summed E-state index contributed by atoms with van der Waals surface area (Å²) >= 11 is 0. The molecule has 1 N–H and O–H groups in total. The number of carbonyl (C=O) groups is 2. The van der Waals surface area contributed by atoms with Crippen LogP contribution in [0.15, 0.2) is 66.7 Å². The number of ketones is 1. The predicted octanol–water partition coefficient (Wildman–Crippen LogP) is 4.24. The fourth-order valence-electron chi connectivity index (χ4n) is 3.06. The Balaban J connectivity index is 1.32. The second kappa shape index (κ2) is 9.30. The number of hydrogen-bond donors (Lipinski definition) is 1. The number of halogens is 1. The molecule has 0 aliphatic carbocycles. The van der Waals surface area contributed by atoms with Crippen molar-refractivity contribution in [2.24, 2.45) is 0 Å². The molecule has 0 aromatic heterocycles. The van der Waals surface area contributed by atoms with Crippen LogP contribution < -0.4 is 19.5 Å². The molecule has 0 spiro atoms. The van der Waals surface area contributed by atoms with Gasteiger partial charge in [0.25, 0.3) is 5.91 Å². The van der Waals surface area contributed by atoms with Crippen LogP contribution in [0.4, 0.5) is 10.1 Å². The minimum Gasteiger partial charge on any atom is -0.490 e. The number of fused-ring (bicyclic) bond motifs is 1. The lowest BCUT2D eigenvalue weighted by atomic mass is 10.0. The van der Waals surface area contributed by atoms with E-state index in [-0.39, 0.29) is 18.3 Å². The van der Waals surface area contributed by atoms with Crippen molar-refractivity contribution in [3.63, 3.8) is 0 Å². The van der Waals surface area contributed by atoms with Gasteiger partial charge in [0.15, 0.2) is 23.9 Å². The van der Waals surface area contributed by atoms with E-state index in [9.17, 15) is 14.0 Å². The summed E-state index contributed by atoms with van der Waals surface area (Å²) in [5.74, 6) is 0.745. The quantitative estimate of drug-likeness (QED) is 0.603. The molecule has 1 heterocycles. The summed E-state index contributed by atoms with van der Waals surface area (Å²) in [5.41, 5.74) is 1.42. The first-order valence-corrected chi connectivity index (χ1v) is 9.81. The molecular formula is C24H20FNO5. The van der Waals surface area contributed by atoms with Crippen molar-refractivity contribution in [1.82, 2.24) is 0 Å². The van der Waals surface area contributed by atoms with Gasteiger partial charge in [-0.3, -0.25) is 9.59 Å². The van der Waals surface area contributed by atoms with Crippen LogP contribution in [-0.2, 0) is 4.79 Å². The molecule has 0 saturated heterocycles. The zero-order valence-electron chi connectivity index (χ0n) is 16.6. The first-order chi connectivity index (χ1) is 15.1. The molecule has 0 radical (unpaired) electrons. The summed E-state index contributed by atoms with van der Waals surface area (Å²) in [4.78, 5) is 24.6. The first-order valence-electron chi connectivity index (χ1n) is 9.81. The highest BCUT2D eigenvalue weighted by atomic mass is 19.1. The van der Waals surface area contributed by atoms with E-state index in [2.05, 4.69) is 5.32 Å². The molecular weight excluding hydrogens is 401 g/mol. The highest BCUT2D eigenvalue weighted by Gasteiger charge is 2.13. The maximum atomic E-state index is 13.0. The van der Waals surface area contributed by atoms with Gasteiger partial charge < -0.3 is 19.5 Å². The van der Waals surface area contributed by atoms with Gasteiger partial charge in [-0.2, -0.15) is 0 Å². The number of anilines is 1. The van der Waals surface area contributed by atoms with E-state index in [1.807, 2.05) is 0 Å². The minimum atomic E-state index is -0.398. The van der Waals surface area contributed by atoms with Gasteiger partial charge in [0.05, 0.1) is 13.2 Å². The number of rotatable bonds is 6. The molecule has 1 aliphatic rings. The maximum Gasteiger partial charge on any atom is 0.262 e. The monoisotopic (exact) mass is 421 g/mol. The van der Waals surface area contributed by atoms with Crippen LogP contribution in [0.3, 0.4) is 0 Å². The van der Waals surface area contributed by atoms with Gasteiger partial charge >= 0.3 is 0 Å². The molecule has 158 valence electrons. The number of carbonyl (C=O) groups excluding carboxylic acids is 2. The molecule has 0 unspecified atom stereocenters. The van der Waals surface area contributed by atoms with Crippen molar-refractivity contribution in [2.75, 3.05) is 25.1 Å². The lowest BCUT2D eigenvalue weighted by molar-refractivity contribution is -0.118. The summed E-state index contributed by atoms with van der Waals surface area (Å²) < 4.78 is 29.7. The van der Waals surface area contributed by atoms with Crippen molar-refractivity contribution in [3.05, 3.63) is 83.7 Å². The highest BCUT2D eigenvalue weighted by Crippen LogP contribution is 2.32. The molecule has 0 fully saturated rings. The van der Waals surface area contributed by atoms with Gasteiger partial charge in [-0.1, -0.05) is 0 Å². The second-order valence-electron chi connectivity index (χ2n) is 6.91. The maximum absolute atomic E-state index is 13.0. The Hall–Kier alpha value is -3.87. The van der Waals surface area contributed by atoms with E-state index in [1.165, 1.54) is 24.3 Å². The lowest BCUT2D eigenvalue weighted by Crippen LogP contribution is -2.20. The largest absolute Gasteiger partial charge is 0.490 e. The summed E-state index contributed by atoms with van der Waals surface area (Å²) in [6.45, 7) is 0.966. The zero-order valence-corrected chi connectivity index (χ0v) is 16.6. The number of nitrogens with one attached hydrogen (secondary N) is 1. The Morgan fingerprint density at radius 1 is 0.871 bits per heavy atom. The van der Waals surface area contributed by atoms with Crippen molar-refractivity contribution in [3.8, 4) is 17.2 Å². The van der Waals surface area contributed by atoms with Gasteiger partial charge in [-0.05, 0) is 60.7 Å². The highest BCUT2D eigenvalue weighted by molar-refractivity contribution is 6.09. The average molecular weight is 421 g/mol. The fraction of sp³-hybridized carbons (Fsp3) is 0.167. The zero-order chi connectivity index (χ0) is 21.6. The van der Waals surface area contributed by atoms with Crippen LogP contribution in [0, 0.1) is 5.82 Å². The molecule has 3 aromatic rings. The molecule has 4 rings (SSSR count). The van der Waals surface area contributed by atoms with E-state index in [4.69, 9.17) is 14.2 Å². The molecule has 6 nitrogen and oxygen atoms in total. The Kier molecular flexibility index (Phi) is 6.12. The number of benzene rings is 3. The van der Waals surface area contributed by atoms with E-state index in [1.54, 1.807) is 42.5 Å². The smallest absolute Gasteiger partial charge is 0.262 e. The predicted molar refractivity (Wildman–Crippen MR) is 112 cm³/mol. The number of hydrogen-bond acceptors (Lipinski definition) is 5. The molecule has 0 saturated carbocycles. The summed E-state index contributed by atoms with van der Waals surface area (Å²) in [6.07, 6.45) is 0.804. The van der Waals surface area contributed by atoms with Crippen LogP contribution in [0.25, 0.3) is 0 Å². The third kappa shape index (κ3) is 5.19. The molecule has 0 bridgehead atoms. The van der Waals surface area contributed by atoms with Gasteiger partial charge in [-0.15, -0.1) is 0 Å². The van der Waals surface area contributed by atoms with Crippen molar-refractivity contribution < 1.29 is 28.2 Å². The Labute approximate surface area is 178 Å². The summed E-state index contributed by atoms with van der Waals surface area (Å²) in [7, 11) is 0. The van der Waals surface area contributed by atoms with Crippen molar-refractivity contribution in [2.45, 2.75) is 6.42 Å². The van der Waals surface area contributed by atoms with E-state index in [0.29, 0.717) is 47.3 Å². The number of amides is 1. The Bertz CT molecular complexity index is 1080. The fourth-order valence-corrected chi connectivity index (χ4v) is 3.06. The van der Waals surface area contributed by atoms with Crippen molar-refractivity contribution >= 4 is 17.4 Å². The van der Waals surface area contributed by atoms with Crippen LogP contribution in [-0.4, -0.2) is 31.5 Å². The van der Waals surface area contributed by atoms with Gasteiger partial charge in [0.2, 0.25) is 0 Å². The summed E-state index contributed by atoms with van der Waals surface area (Å²) in [6, 6.07) is 17.0. The standard InChI is InChI=1S/C24H20FNO5/c25-18-6-2-16(3-7-18)24(28)17-4-9-20(10-5-17)31-15-23(27)26-19-8-11-21-22(14-19)30-13-1-12-29-21/h2-11,14H,1,12-13,15H2,(H,26,27). The Morgan fingerprint density at radius 2 is 1.52 bits per heavy atom. The van der Waals surface area contributed by atoms with Crippen LogP contribution in [0.2, 0.25) is 0 Å². The lowest BCUT2D eigenvalue weighted by Gasteiger charge is -2.11. The van der Waals surface area contributed by atoms with Gasteiger partial charge in [-0.25, -0.2) is 4.39 Å². The van der Waals surface area contributed by atoms with Crippen molar-refractivity contribution in [1.29, 1.82) is 0 Å². The summed E-state index contributed by atoms with van der Waals surface area (Å²) in [5, 5.41) is 2.75. The van der Waals surface area contributed by atoms with Crippen LogP contribution in [0.5, 0.6) is 17.2 Å². The van der Waals surface area contributed by atoms with E-state index >= 15 is 0 Å². The SMILES string of the molecule is O=C(COc1ccc(C(=O)c2ccc(F)cc2)cc1)Nc1ccc2c(c1)OCCCO2. The average Bonchev–Trinajstić information content (AvgIpc) is 3.03. The van der Waals surface area contributed by atoms with E-state index in [0.717, 1.165) is 6.42 Å². The Morgan fingerprint density at radius 3 is 2.23 bits per heavy atom. The van der Waals surface area contributed by atoms with Crippen LogP contribution >= 0.6 is 0 Å². The normalized spacial score (nSPS) is 12.5. The third-order valence-electron chi connectivity index (χ3n) is 4.62. The van der Waals surface area contributed by atoms with Gasteiger partial charge in [0.1, 0.15) is 11.6 Å². The third-order valence-corrected chi connectivity index (χ3v) is 4.62. The molecule has 3 aromatic carbocycles. The molecule has 1 aliphatic heterocycles. The van der Waals surface area contributed by atoms with Gasteiger partial charge in [0, 0.05) is 29.3 Å².